The molecule has 1 aliphatic heterocycles. The largest absolute Gasteiger partial charge is 0.381 e. The van der Waals surface area contributed by atoms with E-state index in [1.807, 2.05) is 12.1 Å². The zero-order valence-electron chi connectivity index (χ0n) is 9.23. The number of halogens is 1. The van der Waals surface area contributed by atoms with E-state index >= 15 is 0 Å². The van der Waals surface area contributed by atoms with Crippen LogP contribution in [0.25, 0.3) is 0 Å². The molecule has 0 radical (unpaired) electrons. The normalized spacial score (nSPS) is 17.9. The fourth-order valence-electron chi connectivity index (χ4n) is 1.77. The van der Waals surface area contributed by atoms with Crippen molar-refractivity contribution in [1.82, 2.24) is 0 Å². The highest BCUT2D eigenvalue weighted by atomic mass is 79.9. The van der Waals surface area contributed by atoms with Crippen molar-refractivity contribution in [3.8, 4) is 0 Å². The first-order valence-corrected chi connectivity index (χ1v) is 7.77. The van der Waals surface area contributed by atoms with E-state index in [1.165, 1.54) is 0 Å². The predicted octanol–water partition coefficient (Wildman–Crippen LogP) is 2.37. The summed E-state index contributed by atoms with van der Waals surface area (Å²) in [5.74, 6) is 0. The molecule has 0 bridgehead atoms. The van der Waals surface area contributed by atoms with E-state index in [4.69, 9.17) is 4.74 Å². The average molecular weight is 320 g/mol. The lowest BCUT2D eigenvalue weighted by Gasteiger charge is -2.23. The van der Waals surface area contributed by atoms with Crippen LogP contribution in [0.1, 0.15) is 12.8 Å². The van der Waals surface area contributed by atoms with E-state index in [1.54, 1.807) is 12.1 Å². The second kappa shape index (κ2) is 5.37. The molecule has 4 nitrogen and oxygen atoms in total. The van der Waals surface area contributed by atoms with E-state index < -0.39 is 10.0 Å². The fourth-order valence-corrected chi connectivity index (χ4v) is 3.75. The number of anilines is 1. The molecule has 0 spiro atoms. The summed E-state index contributed by atoms with van der Waals surface area (Å²) in [5.41, 5.74) is 0.582. The molecule has 0 unspecified atom stereocenters. The molecule has 17 heavy (non-hydrogen) atoms. The summed E-state index contributed by atoms with van der Waals surface area (Å²) in [5, 5.41) is -0.358. The Morgan fingerprint density at radius 1 is 1.24 bits per heavy atom. The monoisotopic (exact) mass is 319 g/mol. The van der Waals surface area contributed by atoms with Crippen molar-refractivity contribution in [3.05, 3.63) is 28.7 Å². The molecule has 0 aromatic heterocycles. The maximum Gasteiger partial charge on any atom is 0.235 e. The predicted molar refractivity (Wildman–Crippen MR) is 70.5 cm³/mol. The molecule has 1 saturated heterocycles. The summed E-state index contributed by atoms with van der Waals surface area (Å²) in [6.07, 6.45) is 1.11. The van der Waals surface area contributed by atoms with E-state index in [0.29, 0.717) is 31.7 Å². The van der Waals surface area contributed by atoms with Crippen molar-refractivity contribution in [2.75, 3.05) is 17.9 Å². The summed E-state index contributed by atoms with van der Waals surface area (Å²) in [6.45, 7) is 1.03. The van der Waals surface area contributed by atoms with Crippen molar-refractivity contribution < 1.29 is 13.2 Å². The zero-order valence-corrected chi connectivity index (χ0v) is 11.6. The van der Waals surface area contributed by atoms with E-state index in [2.05, 4.69) is 20.7 Å². The lowest BCUT2D eigenvalue weighted by atomic mass is 10.2. The highest BCUT2D eigenvalue weighted by Gasteiger charge is 2.27. The topological polar surface area (TPSA) is 55.4 Å². The van der Waals surface area contributed by atoms with Crippen molar-refractivity contribution in [2.45, 2.75) is 18.1 Å². The first-order valence-electron chi connectivity index (χ1n) is 5.43. The van der Waals surface area contributed by atoms with Gasteiger partial charge in [-0.05, 0) is 40.9 Å². The summed E-state index contributed by atoms with van der Waals surface area (Å²) in [4.78, 5) is 0. The zero-order chi connectivity index (χ0) is 12.3. The van der Waals surface area contributed by atoms with Crippen LogP contribution in [-0.2, 0) is 14.8 Å². The number of sulfonamides is 1. The molecule has 1 aromatic carbocycles. The van der Waals surface area contributed by atoms with Crippen LogP contribution in [0.4, 0.5) is 5.69 Å². The molecule has 2 rings (SSSR count). The van der Waals surface area contributed by atoms with Crippen LogP contribution in [0.5, 0.6) is 0 Å². The first kappa shape index (κ1) is 12.9. The summed E-state index contributed by atoms with van der Waals surface area (Å²) in [7, 11) is -3.32. The van der Waals surface area contributed by atoms with Crippen molar-refractivity contribution in [1.29, 1.82) is 0 Å². The molecule has 1 heterocycles. The Morgan fingerprint density at radius 2 is 1.88 bits per heavy atom. The number of ether oxygens (including phenoxy) is 1. The van der Waals surface area contributed by atoms with Gasteiger partial charge in [0.2, 0.25) is 10.0 Å². The van der Waals surface area contributed by atoms with Crippen molar-refractivity contribution >= 4 is 31.6 Å². The minimum absolute atomic E-state index is 0.358. The number of hydrogen-bond donors (Lipinski definition) is 1. The lowest BCUT2D eigenvalue weighted by molar-refractivity contribution is 0.0984. The highest BCUT2D eigenvalue weighted by molar-refractivity contribution is 9.10. The van der Waals surface area contributed by atoms with Crippen LogP contribution in [0.3, 0.4) is 0 Å². The van der Waals surface area contributed by atoms with Crippen LogP contribution in [0.15, 0.2) is 28.7 Å². The highest BCUT2D eigenvalue weighted by Crippen LogP contribution is 2.25. The van der Waals surface area contributed by atoms with E-state index in [0.717, 1.165) is 4.47 Å². The number of hydrogen-bond acceptors (Lipinski definition) is 3. The van der Waals surface area contributed by atoms with Gasteiger partial charge in [0.05, 0.1) is 10.9 Å². The summed E-state index contributed by atoms with van der Waals surface area (Å²) in [6, 6.07) is 7.19. The van der Waals surface area contributed by atoms with Gasteiger partial charge in [-0.15, -0.1) is 0 Å². The van der Waals surface area contributed by atoms with Gasteiger partial charge in [-0.2, -0.15) is 0 Å². The third-order valence-corrected chi connectivity index (χ3v) is 5.28. The van der Waals surface area contributed by atoms with Gasteiger partial charge in [-0.3, -0.25) is 4.72 Å². The Balaban J connectivity index is 2.14. The summed E-state index contributed by atoms with van der Waals surface area (Å²) >= 11 is 3.32. The smallest absolute Gasteiger partial charge is 0.235 e. The number of nitrogens with one attached hydrogen (secondary N) is 1. The van der Waals surface area contributed by atoms with Crippen LogP contribution < -0.4 is 4.72 Å². The molecule has 6 heteroatoms. The number of para-hydroxylation sites is 1. The molecule has 1 N–H and O–H groups in total. The van der Waals surface area contributed by atoms with Crippen molar-refractivity contribution in [3.63, 3.8) is 0 Å². The Hall–Kier alpha value is -0.590. The maximum absolute atomic E-state index is 12.1. The Labute approximate surface area is 110 Å². The molecule has 1 fully saturated rings. The molecular formula is C11H14BrNO3S. The van der Waals surface area contributed by atoms with Gasteiger partial charge in [0.1, 0.15) is 0 Å². The maximum atomic E-state index is 12.1. The molecular weight excluding hydrogens is 306 g/mol. The minimum atomic E-state index is -3.32. The standard InChI is InChI=1S/C11H14BrNO3S/c12-10-3-1-2-4-11(10)13-17(14,15)9-5-7-16-8-6-9/h1-4,9,13H,5-8H2. The second-order valence-electron chi connectivity index (χ2n) is 3.94. The minimum Gasteiger partial charge on any atom is -0.381 e. The van der Waals surface area contributed by atoms with Crippen molar-refractivity contribution in [2.24, 2.45) is 0 Å². The lowest BCUT2D eigenvalue weighted by Crippen LogP contribution is -2.33. The van der Waals surface area contributed by atoms with Gasteiger partial charge in [0.15, 0.2) is 0 Å². The van der Waals surface area contributed by atoms with Crippen LogP contribution >= 0.6 is 15.9 Å². The van der Waals surface area contributed by atoms with Crippen LogP contribution in [0.2, 0.25) is 0 Å². The molecule has 0 atom stereocenters. The van der Waals surface area contributed by atoms with E-state index in [-0.39, 0.29) is 5.25 Å². The Kier molecular flexibility index (Phi) is 4.06. The number of rotatable bonds is 3. The van der Waals surface area contributed by atoms with Gasteiger partial charge >= 0.3 is 0 Å². The molecule has 94 valence electrons. The molecule has 0 saturated carbocycles. The first-order chi connectivity index (χ1) is 8.09. The number of benzene rings is 1. The van der Waals surface area contributed by atoms with E-state index in [9.17, 15) is 8.42 Å². The third kappa shape index (κ3) is 3.20. The summed E-state index contributed by atoms with van der Waals surface area (Å²) < 4.78 is 32.8. The van der Waals surface area contributed by atoms with Crippen LogP contribution in [-0.4, -0.2) is 26.9 Å². The average Bonchev–Trinajstić information content (AvgIpc) is 2.33. The molecule has 0 amide bonds. The SMILES string of the molecule is O=S(=O)(Nc1ccccc1Br)C1CCOCC1. The van der Waals surface area contributed by atoms with Gasteiger partial charge in [-0.1, -0.05) is 12.1 Å². The Bertz CT molecular complexity index is 483. The second-order valence-corrected chi connectivity index (χ2v) is 6.75. The fraction of sp³-hybridized carbons (Fsp3) is 0.455. The van der Waals surface area contributed by atoms with Gasteiger partial charge in [-0.25, -0.2) is 8.42 Å². The van der Waals surface area contributed by atoms with Gasteiger partial charge in [0, 0.05) is 17.7 Å². The van der Waals surface area contributed by atoms with Gasteiger partial charge < -0.3 is 4.74 Å². The molecule has 1 aromatic rings. The third-order valence-electron chi connectivity index (χ3n) is 2.73. The van der Waals surface area contributed by atoms with Crippen LogP contribution in [0, 0.1) is 0 Å². The molecule has 0 aliphatic carbocycles. The molecule has 1 aliphatic rings. The van der Waals surface area contributed by atoms with Gasteiger partial charge in [0.25, 0.3) is 0 Å². The Morgan fingerprint density at radius 3 is 2.53 bits per heavy atom. The quantitative estimate of drug-likeness (QED) is 0.930.